The zero-order valence-corrected chi connectivity index (χ0v) is 11.5. The van der Waals surface area contributed by atoms with Crippen molar-refractivity contribution in [2.75, 3.05) is 11.2 Å². The molecule has 0 aromatic heterocycles. The predicted molar refractivity (Wildman–Crippen MR) is 69.6 cm³/mol. The number of benzene rings is 1. The third-order valence-corrected chi connectivity index (χ3v) is 3.46. The molecular formula is C11H11Cl3FNO. The average Bonchev–Trinajstić information content (AvgIpc) is 2.22. The van der Waals surface area contributed by atoms with Crippen LogP contribution in [0.1, 0.15) is 13.8 Å². The number of rotatable bonds is 3. The minimum Gasteiger partial charge on any atom is -0.323 e. The highest BCUT2D eigenvalue weighted by molar-refractivity contribution is 6.39. The third kappa shape index (κ3) is 3.47. The van der Waals surface area contributed by atoms with Gasteiger partial charge in [0.05, 0.1) is 21.1 Å². The quantitative estimate of drug-likeness (QED) is 0.827. The van der Waals surface area contributed by atoms with E-state index in [0.717, 1.165) is 12.1 Å². The highest BCUT2D eigenvalue weighted by Gasteiger charge is 2.27. The van der Waals surface area contributed by atoms with Gasteiger partial charge in [-0.15, -0.1) is 11.6 Å². The average molecular weight is 299 g/mol. The maximum Gasteiger partial charge on any atom is 0.231 e. The third-order valence-electron chi connectivity index (χ3n) is 2.19. The van der Waals surface area contributed by atoms with Crippen LogP contribution in [0.3, 0.4) is 0 Å². The van der Waals surface area contributed by atoms with Gasteiger partial charge >= 0.3 is 0 Å². The van der Waals surface area contributed by atoms with E-state index in [9.17, 15) is 9.18 Å². The Balaban J connectivity index is 3.01. The summed E-state index contributed by atoms with van der Waals surface area (Å²) in [5, 5.41) is 2.64. The zero-order chi connectivity index (χ0) is 13.2. The van der Waals surface area contributed by atoms with Gasteiger partial charge in [-0.05, 0) is 26.0 Å². The summed E-state index contributed by atoms with van der Waals surface area (Å²) >= 11 is 17.3. The van der Waals surface area contributed by atoms with Crippen molar-refractivity contribution in [1.82, 2.24) is 0 Å². The van der Waals surface area contributed by atoms with E-state index < -0.39 is 11.2 Å². The molecule has 2 nitrogen and oxygen atoms in total. The van der Waals surface area contributed by atoms with Gasteiger partial charge in [-0.1, -0.05) is 23.2 Å². The van der Waals surface area contributed by atoms with Crippen molar-refractivity contribution in [3.05, 3.63) is 28.0 Å². The molecule has 1 amide bonds. The molecule has 1 aromatic carbocycles. The van der Waals surface area contributed by atoms with Crippen molar-refractivity contribution in [2.24, 2.45) is 5.41 Å². The Labute approximate surface area is 114 Å². The molecule has 17 heavy (non-hydrogen) atoms. The first-order chi connectivity index (χ1) is 7.77. The largest absolute Gasteiger partial charge is 0.323 e. The molecule has 1 aromatic rings. The Hall–Kier alpha value is -0.510. The minimum atomic E-state index is -0.761. The Kier molecular flexibility index (Phi) is 4.64. The molecule has 1 rings (SSSR count). The molecule has 0 bridgehead atoms. The van der Waals surface area contributed by atoms with Gasteiger partial charge in [0.25, 0.3) is 0 Å². The molecule has 0 fully saturated rings. The molecule has 0 radical (unpaired) electrons. The van der Waals surface area contributed by atoms with E-state index in [1.807, 2.05) is 0 Å². The maximum absolute atomic E-state index is 12.9. The lowest BCUT2D eigenvalue weighted by atomic mass is 9.95. The van der Waals surface area contributed by atoms with Crippen molar-refractivity contribution >= 4 is 46.4 Å². The lowest BCUT2D eigenvalue weighted by molar-refractivity contribution is -0.122. The van der Waals surface area contributed by atoms with Crippen LogP contribution in [-0.2, 0) is 4.79 Å². The Morgan fingerprint density at radius 2 is 1.82 bits per heavy atom. The smallest absolute Gasteiger partial charge is 0.231 e. The number of hydrogen-bond acceptors (Lipinski definition) is 1. The van der Waals surface area contributed by atoms with Crippen LogP contribution in [-0.4, -0.2) is 11.8 Å². The van der Waals surface area contributed by atoms with E-state index in [4.69, 9.17) is 34.8 Å². The molecule has 0 saturated heterocycles. The summed E-state index contributed by atoms with van der Waals surface area (Å²) in [6.07, 6.45) is 0. The minimum absolute atomic E-state index is 0.0497. The predicted octanol–water partition coefficient (Wildman–Crippen LogP) is 4.34. The van der Waals surface area contributed by atoms with Gasteiger partial charge in [0, 0.05) is 5.88 Å². The van der Waals surface area contributed by atoms with E-state index in [1.54, 1.807) is 13.8 Å². The highest BCUT2D eigenvalue weighted by atomic mass is 35.5. The summed E-state index contributed by atoms with van der Waals surface area (Å²) in [5.41, 5.74) is -0.569. The maximum atomic E-state index is 12.9. The SMILES string of the molecule is CC(C)(CCl)C(=O)Nc1c(Cl)cc(F)cc1Cl. The second-order valence-corrected chi connectivity index (χ2v) is 5.30. The second kappa shape index (κ2) is 5.42. The van der Waals surface area contributed by atoms with Gasteiger partial charge in [-0.3, -0.25) is 4.79 Å². The molecule has 1 N–H and O–H groups in total. The van der Waals surface area contributed by atoms with E-state index in [2.05, 4.69) is 5.32 Å². The van der Waals surface area contributed by atoms with Gasteiger partial charge < -0.3 is 5.32 Å². The standard InChI is InChI=1S/C11H11Cl3FNO/c1-11(2,5-12)10(17)16-9-7(13)3-6(15)4-8(9)14/h3-4H,5H2,1-2H3,(H,16,17). The fourth-order valence-electron chi connectivity index (χ4n) is 1.01. The molecule has 0 unspecified atom stereocenters. The van der Waals surface area contributed by atoms with E-state index in [-0.39, 0.29) is 27.5 Å². The van der Waals surface area contributed by atoms with Gasteiger partial charge in [0.15, 0.2) is 0 Å². The van der Waals surface area contributed by atoms with Crippen LogP contribution in [0.4, 0.5) is 10.1 Å². The van der Waals surface area contributed by atoms with Crippen LogP contribution in [0.25, 0.3) is 0 Å². The number of alkyl halides is 1. The van der Waals surface area contributed by atoms with Crippen LogP contribution in [0.15, 0.2) is 12.1 Å². The molecule has 6 heteroatoms. The Morgan fingerprint density at radius 3 is 2.24 bits per heavy atom. The van der Waals surface area contributed by atoms with Crippen LogP contribution in [0, 0.1) is 11.2 Å². The molecule has 0 atom stereocenters. The molecule has 0 aliphatic heterocycles. The van der Waals surface area contributed by atoms with Gasteiger partial charge in [0.2, 0.25) is 5.91 Å². The van der Waals surface area contributed by atoms with Crippen LogP contribution in [0.5, 0.6) is 0 Å². The van der Waals surface area contributed by atoms with Crippen molar-refractivity contribution in [2.45, 2.75) is 13.8 Å². The fraction of sp³-hybridized carbons (Fsp3) is 0.364. The van der Waals surface area contributed by atoms with E-state index in [1.165, 1.54) is 0 Å². The summed E-state index contributed by atoms with van der Waals surface area (Å²) in [4.78, 5) is 11.8. The zero-order valence-electron chi connectivity index (χ0n) is 9.28. The molecule has 0 heterocycles. The van der Waals surface area contributed by atoms with Crippen molar-refractivity contribution in [3.8, 4) is 0 Å². The Bertz CT molecular complexity index is 425. The summed E-state index contributed by atoms with van der Waals surface area (Å²) in [6.45, 7) is 3.36. The Morgan fingerprint density at radius 1 is 1.35 bits per heavy atom. The normalized spacial score (nSPS) is 11.4. The number of nitrogens with one attached hydrogen (secondary N) is 1. The molecular weight excluding hydrogens is 287 g/mol. The van der Waals surface area contributed by atoms with Crippen molar-refractivity contribution in [3.63, 3.8) is 0 Å². The first-order valence-electron chi connectivity index (χ1n) is 4.80. The lowest BCUT2D eigenvalue weighted by Crippen LogP contribution is -2.32. The van der Waals surface area contributed by atoms with Crippen molar-refractivity contribution < 1.29 is 9.18 Å². The van der Waals surface area contributed by atoms with Gasteiger partial charge in [0.1, 0.15) is 5.82 Å². The summed E-state index contributed by atoms with van der Waals surface area (Å²) in [6, 6.07) is 2.16. The number of halogens is 4. The first-order valence-corrected chi connectivity index (χ1v) is 6.09. The lowest BCUT2D eigenvalue weighted by Gasteiger charge is -2.21. The molecule has 0 saturated carbocycles. The number of amides is 1. The van der Waals surface area contributed by atoms with Crippen molar-refractivity contribution in [1.29, 1.82) is 0 Å². The number of carbonyl (C=O) groups is 1. The number of hydrogen-bond donors (Lipinski definition) is 1. The van der Waals surface area contributed by atoms with E-state index in [0.29, 0.717) is 0 Å². The van der Waals surface area contributed by atoms with Crippen LogP contribution >= 0.6 is 34.8 Å². The van der Waals surface area contributed by atoms with Gasteiger partial charge in [-0.2, -0.15) is 0 Å². The molecule has 0 aliphatic carbocycles. The van der Waals surface area contributed by atoms with Crippen LogP contribution in [0.2, 0.25) is 10.0 Å². The summed E-state index contributed by atoms with van der Waals surface area (Å²) in [5.74, 6) is -0.743. The second-order valence-electron chi connectivity index (χ2n) is 4.22. The summed E-state index contributed by atoms with van der Waals surface area (Å²) < 4.78 is 12.9. The van der Waals surface area contributed by atoms with Crippen LogP contribution < -0.4 is 5.32 Å². The first kappa shape index (κ1) is 14.6. The van der Waals surface area contributed by atoms with Gasteiger partial charge in [-0.25, -0.2) is 4.39 Å². The molecule has 0 aliphatic rings. The topological polar surface area (TPSA) is 29.1 Å². The number of carbonyl (C=O) groups excluding carboxylic acids is 1. The number of anilines is 1. The summed E-state index contributed by atoms with van der Waals surface area (Å²) in [7, 11) is 0. The van der Waals surface area contributed by atoms with E-state index >= 15 is 0 Å². The molecule has 0 spiro atoms. The monoisotopic (exact) mass is 297 g/mol. The highest BCUT2D eigenvalue weighted by Crippen LogP contribution is 2.32. The fourth-order valence-corrected chi connectivity index (χ4v) is 1.68. The molecule has 94 valence electrons.